The van der Waals surface area contributed by atoms with E-state index in [1.165, 1.54) is 11.1 Å². The average Bonchev–Trinajstić information content (AvgIpc) is 2.67. The summed E-state index contributed by atoms with van der Waals surface area (Å²) in [6.07, 6.45) is 0. The summed E-state index contributed by atoms with van der Waals surface area (Å²) in [5, 5.41) is 0. The molecule has 1 fully saturated rings. The minimum atomic E-state index is 0.112. The maximum Gasteiger partial charge on any atom is 0.167 e. The van der Waals surface area contributed by atoms with E-state index in [1.54, 1.807) is 0 Å². The van der Waals surface area contributed by atoms with Gasteiger partial charge in [0.05, 0.1) is 0 Å². The summed E-state index contributed by atoms with van der Waals surface area (Å²) in [6.45, 7) is 17.2. The highest BCUT2D eigenvalue weighted by Gasteiger charge is 2.68. The molecule has 0 radical (unpaired) electrons. The second-order valence-corrected chi connectivity index (χ2v) is 7.38. The van der Waals surface area contributed by atoms with Gasteiger partial charge in [0.15, 0.2) is 5.78 Å². The van der Waals surface area contributed by atoms with Gasteiger partial charge in [-0.3, -0.25) is 4.79 Å². The highest BCUT2D eigenvalue weighted by atomic mass is 16.1. The average molecular weight is 258 g/mol. The molecule has 19 heavy (non-hydrogen) atoms. The Labute approximate surface area is 117 Å². The Balaban J connectivity index is 2.54. The molecular weight excluding hydrogens is 232 g/mol. The van der Waals surface area contributed by atoms with E-state index in [0.29, 0.717) is 5.78 Å². The summed E-state index contributed by atoms with van der Waals surface area (Å²) in [4.78, 5) is 13.0. The Morgan fingerprint density at radius 1 is 0.895 bits per heavy atom. The van der Waals surface area contributed by atoms with Crippen LogP contribution in [0.2, 0.25) is 0 Å². The minimum absolute atomic E-state index is 0.112. The van der Waals surface area contributed by atoms with E-state index in [0.717, 1.165) is 16.7 Å². The smallest absolute Gasteiger partial charge is 0.167 e. The van der Waals surface area contributed by atoms with Crippen molar-refractivity contribution in [2.45, 2.75) is 55.4 Å². The van der Waals surface area contributed by atoms with Crippen LogP contribution in [0, 0.1) is 44.4 Å². The molecule has 1 aromatic rings. The first-order valence-electron chi connectivity index (χ1n) is 7.15. The van der Waals surface area contributed by atoms with Gasteiger partial charge >= 0.3 is 0 Å². The number of carbonyl (C=O) groups is 1. The van der Waals surface area contributed by atoms with Crippen molar-refractivity contribution in [3.05, 3.63) is 33.9 Å². The van der Waals surface area contributed by atoms with Gasteiger partial charge in [-0.05, 0) is 60.8 Å². The normalized spacial score (nSPS) is 20.4. The number of ketones is 1. The van der Waals surface area contributed by atoms with Crippen LogP contribution in [0.15, 0.2) is 6.07 Å². The molecular formula is C18H26O. The highest BCUT2D eigenvalue weighted by Crippen LogP contribution is 2.69. The van der Waals surface area contributed by atoms with Crippen molar-refractivity contribution < 1.29 is 4.79 Å². The van der Waals surface area contributed by atoms with Gasteiger partial charge in [0.1, 0.15) is 0 Å². The number of benzene rings is 1. The Hall–Kier alpha value is -1.11. The van der Waals surface area contributed by atoms with Crippen LogP contribution in [0.1, 0.15) is 60.3 Å². The quantitative estimate of drug-likeness (QED) is 0.697. The number of rotatable bonds is 2. The van der Waals surface area contributed by atoms with Gasteiger partial charge in [0.2, 0.25) is 0 Å². The van der Waals surface area contributed by atoms with E-state index in [4.69, 9.17) is 0 Å². The molecule has 0 bridgehead atoms. The number of aryl methyl sites for hydroxylation is 2. The highest BCUT2D eigenvalue weighted by molar-refractivity contribution is 6.04. The van der Waals surface area contributed by atoms with Crippen LogP contribution in [-0.4, -0.2) is 5.78 Å². The molecule has 0 saturated heterocycles. The van der Waals surface area contributed by atoms with Crippen molar-refractivity contribution in [1.29, 1.82) is 0 Å². The second kappa shape index (κ2) is 3.94. The third-order valence-corrected chi connectivity index (χ3v) is 5.90. The summed E-state index contributed by atoms with van der Waals surface area (Å²) >= 11 is 0. The van der Waals surface area contributed by atoms with Crippen LogP contribution < -0.4 is 0 Å². The molecule has 104 valence electrons. The van der Waals surface area contributed by atoms with Crippen molar-refractivity contribution in [3.8, 4) is 0 Å². The molecule has 2 rings (SSSR count). The zero-order valence-corrected chi connectivity index (χ0v) is 13.6. The van der Waals surface area contributed by atoms with Crippen LogP contribution in [0.25, 0.3) is 0 Å². The fourth-order valence-electron chi connectivity index (χ4n) is 3.58. The van der Waals surface area contributed by atoms with E-state index in [9.17, 15) is 4.79 Å². The van der Waals surface area contributed by atoms with Crippen LogP contribution in [0.3, 0.4) is 0 Å². The van der Waals surface area contributed by atoms with Crippen molar-refractivity contribution in [3.63, 3.8) is 0 Å². The number of carbonyl (C=O) groups excluding carboxylic acids is 1. The third-order valence-electron chi connectivity index (χ3n) is 5.90. The Kier molecular flexibility index (Phi) is 2.97. The largest absolute Gasteiger partial charge is 0.294 e. The van der Waals surface area contributed by atoms with Crippen molar-refractivity contribution in [2.24, 2.45) is 16.7 Å². The summed E-state index contributed by atoms with van der Waals surface area (Å²) in [6, 6.07) is 2.19. The molecule has 0 heterocycles. The van der Waals surface area contributed by atoms with Gasteiger partial charge in [-0.2, -0.15) is 0 Å². The summed E-state index contributed by atoms with van der Waals surface area (Å²) in [5.41, 5.74) is 5.96. The summed E-state index contributed by atoms with van der Waals surface area (Å²) in [5.74, 6) is 0.496. The van der Waals surface area contributed by atoms with Crippen LogP contribution in [-0.2, 0) is 0 Å². The zero-order valence-electron chi connectivity index (χ0n) is 13.6. The first kappa shape index (κ1) is 14.3. The van der Waals surface area contributed by atoms with Crippen molar-refractivity contribution in [2.75, 3.05) is 0 Å². The van der Waals surface area contributed by atoms with Crippen LogP contribution in [0.5, 0.6) is 0 Å². The van der Waals surface area contributed by atoms with Crippen LogP contribution in [0.4, 0.5) is 0 Å². The standard InChI is InChI=1S/C18H26O/c1-10-9-11(2)13(4)14(12(10)3)15(19)16-17(5,6)18(16,7)8/h9,16H,1-8H3. The molecule has 1 aliphatic carbocycles. The molecule has 0 N–H and O–H groups in total. The molecule has 0 aromatic heterocycles. The fourth-order valence-corrected chi connectivity index (χ4v) is 3.58. The maximum absolute atomic E-state index is 13.0. The second-order valence-electron chi connectivity index (χ2n) is 7.38. The van der Waals surface area contributed by atoms with E-state index in [-0.39, 0.29) is 16.7 Å². The fraction of sp³-hybridized carbons (Fsp3) is 0.611. The Morgan fingerprint density at radius 3 is 1.58 bits per heavy atom. The summed E-state index contributed by atoms with van der Waals surface area (Å²) in [7, 11) is 0. The zero-order chi connectivity index (χ0) is 14.7. The number of Topliss-reactive ketones (excluding diaryl/α,β-unsaturated/α-hetero) is 1. The Bertz CT molecular complexity index is 521. The molecule has 1 saturated carbocycles. The van der Waals surface area contributed by atoms with Crippen molar-refractivity contribution >= 4 is 5.78 Å². The molecule has 0 aliphatic heterocycles. The monoisotopic (exact) mass is 258 g/mol. The predicted molar refractivity (Wildman–Crippen MR) is 80.8 cm³/mol. The lowest BCUT2D eigenvalue weighted by molar-refractivity contribution is 0.0943. The molecule has 0 spiro atoms. The summed E-state index contributed by atoms with van der Waals surface area (Å²) < 4.78 is 0. The molecule has 1 aliphatic rings. The molecule has 1 aromatic carbocycles. The van der Waals surface area contributed by atoms with Crippen molar-refractivity contribution in [1.82, 2.24) is 0 Å². The molecule has 0 atom stereocenters. The molecule has 0 unspecified atom stereocenters. The van der Waals surface area contributed by atoms with Gasteiger partial charge in [-0.1, -0.05) is 33.8 Å². The van der Waals surface area contributed by atoms with E-state index in [2.05, 4.69) is 61.5 Å². The van der Waals surface area contributed by atoms with Gasteiger partial charge in [-0.25, -0.2) is 0 Å². The van der Waals surface area contributed by atoms with Gasteiger partial charge in [0, 0.05) is 11.5 Å². The lowest BCUT2D eigenvalue weighted by atomic mass is 9.88. The topological polar surface area (TPSA) is 17.1 Å². The lowest BCUT2D eigenvalue weighted by Gasteiger charge is -2.15. The first-order chi connectivity index (χ1) is 8.53. The minimum Gasteiger partial charge on any atom is -0.294 e. The van der Waals surface area contributed by atoms with E-state index >= 15 is 0 Å². The molecule has 1 nitrogen and oxygen atoms in total. The lowest BCUT2D eigenvalue weighted by Crippen LogP contribution is -2.13. The number of hydrogen-bond acceptors (Lipinski definition) is 1. The first-order valence-corrected chi connectivity index (χ1v) is 7.15. The van der Waals surface area contributed by atoms with E-state index < -0.39 is 0 Å². The predicted octanol–water partition coefficient (Wildman–Crippen LogP) is 4.79. The third kappa shape index (κ3) is 1.78. The van der Waals surface area contributed by atoms with Crippen LogP contribution >= 0.6 is 0 Å². The Morgan fingerprint density at radius 2 is 1.26 bits per heavy atom. The van der Waals surface area contributed by atoms with Gasteiger partial charge in [0.25, 0.3) is 0 Å². The SMILES string of the molecule is Cc1cc(C)c(C)c(C(=O)C2C(C)(C)C2(C)C)c1C. The van der Waals surface area contributed by atoms with Gasteiger partial charge < -0.3 is 0 Å². The number of hydrogen-bond donors (Lipinski definition) is 0. The van der Waals surface area contributed by atoms with E-state index in [1.807, 2.05) is 0 Å². The molecule has 1 heteroatoms. The van der Waals surface area contributed by atoms with Gasteiger partial charge in [-0.15, -0.1) is 0 Å². The maximum atomic E-state index is 13.0. The molecule has 0 amide bonds.